The van der Waals surface area contributed by atoms with E-state index in [9.17, 15) is 19.7 Å². The van der Waals surface area contributed by atoms with Crippen LogP contribution in [0.3, 0.4) is 0 Å². The number of methoxy groups -OCH3 is 1. The summed E-state index contributed by atoms with van der Waals surface area (Å²) in [7, 11) is 1.20. The number of esters is 1. The molecular formula is C20H20N2O5. The molecule has 0 aromatic heterocycles. The van der Waals surface area contributed by atoms with Gasteiger partial charge in [0.2, 0.25) is 12.5 Å². The van der Waals surface area contributed by atoms with Crippen molar-refractivity contribution in [1.29, 1.82) is 0 Å². The summed E-state index contributed by atoms with van der Waals surface area (Å²) in [5, 5.41) is 14.2. The molecule has 1 aliphatic heterocycles. The lowest BCUT2D eigenvalue weighted by molar-refractivity contribution is -0.485. The Kier molecular flexibility index (Phi) is 5.21. The van der Waals surface area contributed by atoms with Gasteiger partial charge in [0.05, 0.1) is 13.0 Å². The van der Waals surface area contributed by atoms with Gasteiger partial charge >= 0.3 is 5.97 Å². The molecule has 2 aromatic carbocycles. The van der Waals surface area contributed by atoms with Crippen molar-refractivity contribution in [1.82, 2.24) is 5.32 Å². The van der Waals surface area contributed by atoms with Gasteiger partial charge in [-0.1, -0.05) is 60.7 Å². The zero-order chi connectivity index (χ0) is 19.4. The van der Waals surface area contributed by atoms with Crippen LogP contribution in [-0.2, 0) is 14.3 Å². The molecule has 140 valence electrons. The predicted molar refractivity (Wildman–Crippen MR) is 97.7 cm³/mol. The van der Waals surface area contributed by atoms with Crippen LogP contribution in [0, 0.1) is 15.5 Å². The fourth-order valence-corrected chi connectivity index (χ4v) is 4.02. The first-order valence-corrected chi connectivity index (χ1v) is 8.60. The molecule has 2 aromatic rings. The first-order valence-electron chi connectivity index (χ1n) is 8.60. The lowest BCUT2D eigenvalue weighted by atomic mass is 9.63. The second-order valence-corrected chi connectivity index (χ2v) is 6.51. The monoisotopic (exact) mass is 368 g/mol. The molecule has 1 heterocycles. The van der Waals surface area contributed by atoms with Crippen molar-refractivity contribution >= 4 is 11.9 Å². The number of hydrogen-bond donors (Lipinski definition) is 1. The molecule has 7 nitrogen and oxygen atoms in total. The Labute approximate surface area is 156 Å². The zero-order valence-corrected chi connectivity index (χ0v) is 14.8. The van der Waals surface area contributed by atoms with Crippen molar-refractivity contribution in [3.63, 3.8) is 0 Å². The number of hydrogen-bond acceptors (Lipinski definition) is 5. The topological polar surface area (TPSA) is 98.5 Å². The summed E-state index contributed by atoms with van der Waals surface area (Å²) >= 11 is 0. The minimum Gasteiger partial charge on any atom is -0.468 e. The molecule has 0 saturated carbocycles. The lowest BCUT2D eigenvalue weighted by Gasteiger charge is -2.35. The highest BCUT2D eigenvalue weighted by Crippen LogP contribution is 2.51. The molecule has 3 rings (SSSR count). The summed E-state index contributed by atoms with van der Waals surface area (Å²) in [6, 6.07) is 17.7. The standard InChI is InChI=1S/C20H20N2O5/c1-27-19(24)20(17(13-22(25)26)15-10-6-3-7-11-15)16(12-21-18(20)23)14-8-4-2-5-9-14/h2-11,16-17H,12-13H2,1H3,(H,21,23)/t16-,17-,20-/m1/s1. The first-order chi connectivity index (χ1) is 13.0. The van der Waals surface area contributed by atoms with Gasteiger partial charge in [0.25, 0.3) is 0 Å². The van der Waals surface area contributed by atoms with Crippen LogP contribution in [0.15, 0.2) is 60.7 Å². The highest BCUT2D eigenvalue weighted by atomic mass is 16.6. The lowest BCUT2D eigenvalue weighted by Crippen LogP contribution is -2.49. The van der Waals surface area contributed by atoms with Gasteiger partial charge in [0.1, 0.15) is 0 Å². The molecule has 1 amide bonds. The second kappa shape index (κ2) is 7.57. The number of carbonyl (C=O) groups excluding carboxylic acids is 2. The minimum atomic E-state index is -1.72. The largest absolute Gasteiger partial charge is 0.468 e. The summed E-state index contributed by atoms with van der Waals surface area (Å²) in [4.78, 5) is 37.0. The fraction of sp³-hybridized carbons (Fsp3) is 0.300. The molecule has 3 atom stereocenters. The van der Waals surface area contributed by atoms with E-state index >= 15 is 0 Å². The van der Waals surface area contributed by atoms with Gasteiger partial charge in [-0.3, -0.25) is 19.7 Å². The van der Waals surface area contributed by atoms with E-state index in [1.54, 1.807) is 30.3 Å². The van der Waals surface area contributed by atoms with Crippen LogP contribution in [0.5, 0.6) is 0 Å². The van der Waals surface area contributed by atoms with Gasteiger partial charge in [-0.05, 0) is 11.1 Å². The minimum absolute atomic E-state index is 0.207. The van der Waals surface area contributed by atoms with Crippen LogP contribution in [0.25, 0.3) is 0 Å². The molecule has 1 aliphatic rings. The van der Waals surface area contributed by atoms with Gasteiger partial charge in [0.15, 0.2) is 5.41 Å². The number of nitro groups is 1. The molecule has 0 spiro atoms. The van der Waals surface area contributed by atoms with Gasteiger partial charge < -0.3 is 10.1 Å². The van der Waals surface area contributed by atoms with Gasteiger partial charge in [-0.25, -0.2) is 0 Å². The third kappa shape index (κ3) is 3.16. The Morgan fingerprint density at radius 2 is 1.81 bits per heavy atom. The van der Waals surface area contributed by atoms with Crippen molar-refractivity contribution in [3.05, 3.63) is 81.9 Å². The van der Waals surface area contributed by atoms with Crippen LogP contribution in [0.4, 0.5) is 0 Å². The quantitative estimate of drug-likeness (QED) is 0.364. The summed E-state index contributed by atoms with van der Waals surface area (Å²) in [6.07, 6.45) is 0. The van der Waals surface area contributed by atoms with Crippen molar-refractivity contribution < 1.29 is 19.2 Å². The third-order valence-electron chi connectivity index (χ3n) is 5.20. The summed E-state index contributed by atoms with van der Waals surface area (Å²) in [6.45, 7) is -0.352. The highest BCUT2D eigenvalue weighted by molar-refractivity contribution is 6.06. The zero-order valence-electron chi connectivity index (χ0n) is 14.8. The maximum Gasteiger partial charge on any atom is 0.322 e. The van der Waals surface area contributed by atoms with Crippen molar-refractivity contribution in [2.24, 2.45) is 5.41 Å². The Balaban J connectivity index is 2.24. The predicted octanol–water partition coefficient (Wildman–Crippen LogP) is 2.12. The molecule has 1 saturated heterocycles. The molecule has 27 heavy (non-hydrogen) atoms. The normalized spacial score (nSPS) is 22.7. The molecule has 0 bridgehead atoms. The van der Waals surface area contributed by atoms with E-state index in [4.69, 9.17) is 4.74 Å². The SMILES string of the molecule is COC(=O)[C@]1([C@H](C[N+](=O)[O-])c2ccccc2)C(=O)NC[C@@H]1c1ccccc1. The van der Waals surface area contributed by atoms with E-state index in [1.807, 2.05) is 30.3 Å². The Morgan fingerprint density at radius 1 is 1.22 bits per heavy atom. The van der Waals surface area contributed by atoms with E-state index in [2.05, 4.69) is 5.32 Å². The molecular weight excluding hydrogens is 348 g/mol. The van der Waals surface area contributed by atoms with E-state index < -0.39 is 40.6 Å². The van der Waals surface area contributed by atoms with Crippen molar-refractivity contribution in [2.75, 3.05) is 20.2 Å². The Hall–Kier alpha value is -3.22. The fourth-order valence-electron chi connectivity index (χ4n) is 4.02. The smallest absolute Gasteiger partial charge is 0.322 e. The Morgan fingerprint density at radius 3 is 2.37 bits per heavy atom. The van der Waals surface area contributed by atoms with Crippen LogP contribution in [-0.4, -0.2) is 37.0 Å². The number of nitrogens with one attached hydrogen (secondary N) is 1. The average molecular weight is 368 g/mol. The van der Waals surface area contributed by atoms with Gasteiger partial charge in [-0.2, -0.15) is 0 Å². The number of carbonyl (C=O) groups is 2. The first kappa shape index (κ1) is 18.6. The summed E-state index contributed by atoms with van der Waals surface area (Å²) in [5.41, 5.74) is -0.409. The molecule has 0 unspecified atom stereocenters. The maximum atomic E-state index is 13.0. The number of amides is 1. The van der Waals surface area contributed by atoms with E-state index in [-0.39, 0.29) is 6.54 Å². The maximum absolute atomic E-state index is 13.0. The number of ether oxygens (including phenoxy) is 1. The van der Waals surface area contributed by atoms with E-state index in [1.165, 1.54) is 7.11 Å². The third-order valence-corrected chi connectivity index (χ3v) is 5.20. The van der Waals surface area contributed by atoms with E-state index in [0.717, 1.165) is 5.56 Å². The molecule has 1 N–H and O–H groups in total. The Bertz CT molecular complexity index is 840. The number of nitrogens with zero attached hydrogens (tertiary/aromatic N) is 1. The number of rotatable bonds is 6. The van der Waals surface area contributed by atoms with Crippen LogP contribution < -0.4 is 5.32 Å². The summed E-state index contributed by atoms with van der Waals surface area (Å²) < 4.78 is 5.02. The van der Waals surface area contributed by atoms with Crippen molar-refractivity contribution in [3.8, 4) is 0 Å². The molecule has 0 aliphatic carbocycles. The molecule has 7 heteroatoms. The van der Waals surface area contributed by atoms with Crippen LogP contribution >= 0.6 is 0 Å². The van der Waals surface area contributed by atoms with Gasteiger partial charge in [-0.15, -0.1) is 0 Å². The van der Waals surface area contributed by atoms with Crippen molar-refractivity contribution in [2.45, 2.75) is 11.8 Å². The second-order valence-electron chi connectivity index (χ2n) is 6.51. The van der Waals surface area contributed by atoms with Crippen LogP contribution in [0.1, 0.15) is 23.0 Å². The molecule has 0 radical (unpaired) electrons. The molecule has 1 fully saturated rings. The highest BCUT2D eigenvalue weighted by Gasteiger charge is 2.64. The van der Waals surface area contributed by atoms with Gasteiger partial charge in [0, 0.05) is 17.4 Å². The van der Waals surface area contributed by atoms with E-state index in [0.29, 0.717) is 5.56 Å². The average Bonchev–Trinajstić information content (AvgIpc) is 3.04. The summed E-state index contributed by atoms with van der Waals surface area (Å²) in [5.74, 6) is -2.85. The number of benzene rings is 2. The van der Waals surface area contributed by atoms with Crippen LogP contribution in [0.2, 0.25) is 0 Å².